The van der Waals surface area contributed by atoms with E-state index < -0.39 is 11.9 Å². The molecule has 1 unspecified atom stereocenters. The third kappa shape index (κ3) is 3.77. The molecule has 26 heavy (non-hydrogen) atoms. The average molecular weight is 356 g/mol. The van der Waals surface area contributed by atoms with Crippen molar-refractivity contribution in [3.63, 3.8) is 0 Å². The van der Waals surface area contributed by atoms with Crippen molar-refractivity contribution in [1.82, 2.24) is 10.3 Å². The highest BCUT2D eigenvalue weighted by atomic mass is 16.6. The molecule has 0 aliphatic carbocycles. The first-order valence-electron chi connectivity index (χ1n) is 8.35. The lowest BCUT2D eigenvalue weighted by Gasteiger charge is -2.25. The molecule has 0 saturated carbocycles. The Morgan fingerprint density at radius 3 is 2.54 bits per heavy atom. The lowest BCUT2D eigenvalue weighted by molar-refractivity contribution is 0.0696. The molecule has 2 heterocycles. The van der Waals surface area contributed by atoms with E-state index in [9.17, 15) is 9.59 Å². The number of hydrogen-bond acceptors (Lipinski definition) is 5. The summed E-state index contributed by atoms with van der Waals surface area (Å²) < 4.78 is 11.1. The van der Waals surface area contributed by atoms with E-state index in [2.05, 4.69) is 10.3 Å². The summed E-state index contributed by atoms with van der Waals surface area (Å²) in [6.45, 7) is 4.98. The van der Waals surface area contributed by atoms with Crippen LogP contribution in [0.15, 0.2) is 36.5 Å². The fourth-order valence-electron chi connectivity index (χ4n) is 2.79. The van der Waals surface area contributed by atoms with Crippen LogP contribution < -0.4 is 14.8 Å². The van der Waals surface area contributed by atoms with Gasteiger partial charge in [0.15, 0.2) is 11.5 Å². The second-order valence-electron chi connectivity index (χ2n) is 6.33. The van der Waals surface area contributed by atoms with E-state index in [1.807, 2.05) is 32.0 Å². The molecule has 0 fully saturated rings. The van der Waals surface area contributed by atoms with E-state index >= 15 is 0 Å². The van der Waals surface area contributed by atoms with Gasteiger partial charge in [0.2, 0.25) is 0 Å². The molecule has 1 aromatic carbocycles. The molecule has 7 nitrogen and oxygen atoms in total. The number of amides is 1. The molecule has 7 heteroatoms. The minimum atomic E-state index is -1.10. The molecule has 3 rings (SSSR count). The highest BCUT2D eigenvalue weighted by Crippen LogP contribution is 2.34. The van der Waals surface area contributed by atoms with Crippen molar-refractivity contribution >= 4 is 11.9 Å². The van der Waals surface area contributed by atoms with Crippen LogP contribution in [0, 0.1) is 5.92 Å². The smallest absolute Gasteiger partial charge is 0.335 e. The van der Waals surface area contributed by atoms with Gasteiger partial charge in [-0.2, -0.15) is 0 Å². The molecule has 0 saturated heterocycles. The largest absolute Gasteiger partial charge is 0.486 e. The highest BCUT2D eigenvalue weighted by Gasteiger charge is 2.23. The second-order valence-corrected chi connectivity index (χ2v) is 6.33. The maximum absolute atomic E-state index is 12.6. The molecule has 1 aromatic heterocycles. The molecule has 2 N–H and O–H groups in total. The highest BCUT2D eigenvalue weighted by molar-refractivity contribution is 5.96. The van der Waals surface area contributed by atoms with Crippen molar-refractivity contribution in [3.05, 3.63) is 53.3 Å². The number of benzene rings is 1. The lowest BCUT2D eigenvalue weighted by atomic mass is 9.95. The Morgan fingerprint density at radius 2 is 1.85 bits per heavy atom. The molecule has 1 aliphatic heterocycles. The third-order valence-corrected chi connectivity index (χ3v) is 4.12. The number of carbonyl (C=O) groups is 2. The standard InChI is InChI=1S/C19H20N2O5/c1-11(2)17(12-3-4-15-16(10-12)26-8-7-25-15)21-18(22)14-9-13(19(23)24)5-6-20-14/h3-6,9-11,17H,7-8H2,1-2H3,(H,21,22)(H,23,24). The van der Waals surface area contributed by atoms with Crippen molar-refractivity contribution in [2.24, 2.45) is 5.92 Å². The minimum absolute atomic E-state index is 0.0191. The van der Waals surface area contributed by atoms with E-state index in [1.165, 1.54) is 18.3 Å². The molecule has 1 atom stereocenters. The zero-order valence-electron chi connectivity index (χ0n) is 14.6. The van der Waals surface area contributed by atoms with Crippen LogP contribution in [-0.2, 0) is 0 Å². The Balaban J connectivity index is 1.84. The number of pyridine rings is 1. The van der Waals surface area contributed by atoms with Gasteiger partial charge in [-0.1, -0.05) is 19.9 Å². The number of fused-ring (bicyclic) bond motifs is 1. The summed E-state index contributed by atoms with van der Waals surface area (Å²) in [5.41, 5.74) is 0.964. The van der Waals surface area contributed by atoms with Crippen molar-refractivity contribution in [1.29, 1.82) is 0 Å². The average Bonchev–Trinajstić information content (AvgIpc) is 2.65. The summed E-state index contributed by atoms with van der Waals surface area (Å²) in [5, 5.41) is 12.0. The van der Waals surface area contributed by atoms with Gasteiger partial charge in [0.25, 0.3) is 5.91 Å². The Labute approximate surface area is 151 Å². The molecule has 0 bridgehead atoms. The van der Waals surface area contributed by atoms with Gasteiger partial charge in [-0.3, -0.25) is 9.78 Å². The maximum atomic E-state index is 12.6. The molecule has 136 valence electrons. The second kappa shape index (κ2) is 7.43. The van der Waals surface area contributed by atoms with Gasteiger partial charge in [0.05, 0.1) is 11.6 Å². The van der Waals surface area contributed by atoms with Crippen molar-refractivity contribution < 1.29 is 24.2 Å². The fraction of sp³-hybridized carbons (Fsp3) is 0.316. The molecular weight excluding hydrogens is 336 g/mol. The zero-order chi connectivity index (χ0) is 18.7. The van der Waals surface area contributed by atoms with Crippen LogP contribution in [0.4, 0.5) is 0 Å². The minimum Gasteiger partial charge on any atom is -0.486 e. The molecule has 1 aliphatic rings. The number of rotatable bonds is 5. The summed E-state index contributed by atoms with van der Waals surface area (Å²) in [6, 6.07) is 7.90. The number of carbonyl (C=O) groups excluding carboxylic acids is 1. The lowest BCUT2D eigenvalue weighted by Crippen LogP contribution is -2.32. The van der Waals surface area contributed by atoms with Gasteiger partial charge in [0.1, 0.15) is 18.9 Å². The number of aromatic nitrogens is 1. The van der Waals surface area contributed by atoms with Gasteiger partial charge in [0, 0.05) is 6.20 Å². The van der Waals surface area contributed by atoms with E-state index in [-0.39, 0.29) is 23.2 Å². The van der Waals surface area contributed by atoms with E-state index in [0.717, 1.165) is 5.56 Å². The summed E-state index contributed by atoms with van der Waals surface area (Å²) in [6.07, 6.45) is 1.31. The van der Waals surface area contributed by atoms with Crippen molar-refractivity contribution in [2.75, 3.05) is 13.2 Å². The number of nitrogens with zero attached hydrogens (tertiary/aromatic N) is 1. The van der Waals surface area contributed by atoms with Gasteiger partial charge < -0.3 is 19.9 Å². The van der Waals surface area contributed by atoms with Crippen LogP contribution in [0.2, 0.25) is 0 Å². The number of carboxylic acids is 1. The van der Waals surface area contributed by atoms with E-state index in [1.54, 1.807) is 0 Å². The van der Waals surface area contributed by atoms with E-state index in [0.29, 0.717) is 24.7 Å². The van der Waals surface area contributed by atoms with Gasteiger partial charge in [-0.25, -0.2) is 4.79 Å². The zero-order valence-corrected chi connectivity index (χ0v) is 14.6. The normalized spacial score (nSPS) is 14.0. The Morgan fingerprint density at radius 1 is 1.12 bits per heavy atom. The summed E-state index contributed by atoms with van der Waals surface area (Å²) in [5.74, 6) is -0.0937. The predicted octanol–water partition coefficient (Wildman–Crippen LogP) is 2.68. The fourth-order valence-corrected chi connectivity index (χ4v) is 2.79. The van der Waals surface area contributed by atoms with Crippen molar-refractivity contribution in [3.8, 4) is 11.5 Å². The Hall–Kier alpha value is -3.09. The van der Waals surface area contributed by atoms with Gasteiger partial charge in [-0.05, 0) is 35.7 Å². The molecule has 2 aromatic rings. The SMILES string of the molecule is CC(C)C(NC(=O)c1cc(C(=O)O)ccn1)c1ccc2c(c1)OCCO2. The van der Waals surface area contributed by atoms with Crippen LogP contribution in [0.3, 0.4) is 0 Å². The topological polar surface area (TPSA) is 97.8 Å². The first kappa shape index (κ1) is 17.7. The quantitative estimate of drug-likeness (QED) is 0.855. The van der Waals surface area contributed by atoms with Gasteiger partial charge >= 0.3 is 5.97 Å². The number of aromatic carboxylic acids is 1. The molecule has 0 radical (unpaired) electrons. The first-order chi connectivity index (χ1) is 12.5. The van der Waals surface area contributed by atoms with Crippen LogP contribution in [0.1, 0.15) is 46.3 Å². The molecular formula is C19H20N2O5. The summed E-state index contributed by atoms with van der Waals surface area (Å²) in [7, 11) is 0. The predicted molar refractivity (Wildman–Crippen MR) is 93.7 cm³/mol. The van der Waals surface area contributed by atoms with Gasteiger partial charge in [-0.15, -0.1) is 0 Å². The molecule has 1 amide bonds. The molecule has 0 spiro atoms. The van der Waals surface area contributed by atoms with Crippen LogP contribution in [-0.4, -0.2) is 35.2 Å². The Kier molecular flexibility index (Phi) is 5.06. The number of carboxylic acid groups (broad SMARTS) is 1. The third-order valence-electron chi connectivity index (χ3n) is 4.12. The van der Waals surface area contributed by atoms with Crippen LogP contribution >= 0.6 is 0 Å². The maximum Gasteiger partial charge on any atom is 0.335 e. The van der Waals surface area contributed by atoms with Crippen LogP contribution in [0.25, 0.3) is 0 Å². The van der Waals surface area contributed by atoms with Crippen LogP contribution in [0.5, 0.6) is 11.5 Å². The summed E-state index contributed by atoms with van der Waals surface area (Å²) in [4.78, 5) is 27.6. The first-order valence-corrected chi connectivity index (χ1v) is 8.35. The number of ether oxygens (including phenoxy) is 2. The van der Waals surface area contributed by atoms with E-state index in [4.69, 9.17) is 14.6 Å². The Bertz CT molecular complexity index is 834. The summed E-state index contributed by atoms with van der Waals surface area (Å²) >= 11 is 0. The van der Waals surface area contributed by atoms with Crippen molar-refractivity contribution in [2.45, 2.75) is 19.9 Å². The monoisotopic (exact) mass is 356 g/mol. The number of hydrogen-bond donors (Lipinski definition) is 2. The number of nitrogens with one attached hydrogen (secondary N) is 1.